The van der Waals surface area contributed by atoms with Crippen LogP contribution in [0.15, 0.2) is 47.0 Å². The molecule has 124 valence electrons. The largest absolute Gasteiger partial charge is 0.484 e. The van der Waals surface area contributed by atoms with Crippen molar-refractivity contribution in [1.82, 2.24) is 15.2 Å². The molecule has 8 heteroatoms. The van der Waals surface area contributed by atoms with Gasteiger partial charge in [-0.1, -0.05) is 0 Å². The molecule has 1 unspecified atom stereocenters. The summed E-state index contributed by atoms with van der Waals surface area (Å²) in [5, 5.41) is 6.82. The molecule has 0 radical (unpaired) electrons. The van der Waals surface area contributed by atoms with E-state index in [4.69, 9.17) is 9.15 Å². The first-order valence-corrected chi connectivity index (χ1v) is 7.03. The molecule has 0 fully saturated rings. The van der Waals surface area contributed by atoms with E-state index < -0.39 is 12.3 Å². The van der Waals surface area contributed by atoms with E-state index in [-0.39, 0.29) is 17.8 Å². The van der Waals surface area contributed by atoms with Gasteiger partial charge >= 0.3 is 6.43 Å². The topological polar surface area (TPSA) is 61.0 Å². The fourth-order valence-corrected chi connectivity index (χ4v) is 1.99. The van der Waals surface area contributed by atoms with Crippen LogP contribution in [0.5, 0.6) is 5.75 Å². The Labute approximate surface area is 135 Å². The molecule has 0 saturated carbocycles. The second-order valence-corrected chi connectivity index (χ2v) is 4.93. The minimum Gasteiger partial charge on any atom is -0.484 e. The van der Waals surface area contributed by atoms with Gasteiger partial charge in [-0.05, 0) is 43.3 Å². The van der Waals surface area contributed by atoms with Crippen molar-refractivity contribution in [2.24, 2.45) is 0 Å². The monoisotopic (exact) mass is 335 g/mol. The van der Waals surface area contributed by atoms with E-state index in [2.05, 4.69) is 15.2 Å². The van der Waals surface area contributed by atoms with Crippen LogP contribution in [0.4, 0.5) is 13.2 Å². The lowest BCUT2D eigenvalue weighted by Gasteiger charge is -2.14. The molecule has 0 aliphatic rings. The SMILES string of the molecule is CC(Oc1ccc(F)cc1)c1ccc(-c2nnc(C(F)F)o2)cn1. The van der Waals surface area contributed by atoms with Crippen molar-refractivity contribution in [1.29, 1.82) is 0 Å². The molecule has 3 rings (SSSR count). The maximum Gasteiger partial charge on any atom is 0.314 e. The van der Waals surface area contributed by atoms with Gasteiger partial charge in [-0.2, -0.15) is 8.78 Å². The number of aromatic nitrogens is 3. The van der Waals surface area contributed by atoms with Crippen LogP contribution in [-0.2, 0) is 0 Å². The predicted molar refractivity (Wildman–Crippen MR) is 77.9 cm³/mol. The third-order valence-electron chi connectivity index (χ3n) is 3.20. The van der Waals surface area contributed by atoms with E-state index in [0.29, 0.717) is 17.0 Å². The number of ether oxygens (including phenoxy) is 1. The lowest BCUT2D eigenvalue weighted by Crippen LogP contribution is -2.05. The number of nitrogens with zero attached hydrogens (tertiary/aromatic N) is 3. The van der Waals surface area contributed by atoms with E-state index in [1.807, 2.05) is 0 Å². The zero-order valence-corrected chi connectivity index (χ0v) is 12.5. The third kappa shape index (κ3) is 3.53. The molecule has 24 heavy (non-hydrogen) atoms. The van der Waals surface area contributed by atoms with Crippen molar-refractivity contribution >= 4 is 0 Å². The summed E-state index contributed by atoms with van der Waals surface area (Å²) in [6, 6.07) is 8.92. The van der Waals surface area contributed by atoms with Gasteiger partial charge in [0.15, 0.2) is 0 Å². The Balaban J connectivity index is 1.72. The molecule has 0 amide bonds. The number of hydrogen-bond acceptors (Lipinski definition) is 5. The van der Waals surface area contributed by atoms with E-state index in [1.54, 1.807) is 19.1 Å². The van der Waals surface area contributed by atoms with Crippen molar-refractivity contribution in [3.63, 3.8) is 0 Å². The molecule has 0 aliphatic carbocycles. The smallest absolute Gasteiger partial charge is 0.314 e. The first-order chi connectivity index (χ1) is 11.5. The number of rotatable bonds is 5. The summed E-state index contributed by atoms with van der Waals surface area (Å²) in [5.41, 5.74) is 1.03. The number of hydrogen-bond donors (Lipinski definition) is 0. The summed E-state index contributed by atoms with van der Waals surface area (Å²) < 4.78 is 48.3. The van der Waals surface area contributed by atoms with Gasteiger partial charge in [0.2, 0.25) is 5.89 Å². The fourth-order valence-electron chi connectivity index (χ4n) is 1.99. The molecule has 3 aromatic rings. The minimum absolute atomic E-state index is 0.0311. The van der Waals surface area contributed by atoms with Crippen molar-refractivity contribution in [3.05, 3.63) is 60.0 Å². The number of benzene rings is 1. The molecule has 0 N–H and O–H groups in total. The highest BCUT2D eigenvalue weighted by Gasteiger charge is 2.17. The summed E-state index contributed by atoms with van der Waals surface area (Å²) in [4.78, 5) is 4.21. The van der Waals surface area contributed by atoms with Gasteiger partial charge in [0.05, 0.1) is 11.3 Å². The predicted octanol–water partition coefficient (Wildman–Crippen LogP) is 4.35. The van der Waals surface area contributed by atoms with Crippen molar-refractivity contribution in [2.45, 2.75) is 19.5 Å². The Morgan fingerprint density at radius 3 is 2.38 bits per heavy atom. The standard InChI is InChI=1S/C16H12F3N3O2/c1-9(23-12-5-3-11(17)4-6-12)13-7-2-10(8-20-13)15-21-22-16(24-15)14(18)19/h2-9,14H,1H3. The highest BCUT2D eigenvalue weighted by molar-refractivity contribution is 5.50. The molecule has 0 spiro atoms. The highest BCUT2D eigenvalue weighted by atomic mass is 19.3. The second-order valence-electron chi connectivity index (χ2n) is 4.93. The lowest BCUT2D eigenvalue weighted by atomic mass is 10.2. The van der Waals surface area contributed by atoms with Crippen molar-refractivity contribution in [3.8, 4) is 17.2 Å². The van der Waals surface area contributed by atoms with Crippen molar-refractivity contribution < 1.29 is 22.3 Å². The average Bonchev–Trinajstić information content (AvgIpc) is 3.07. The van der Waals surface area contributed by atoms with Crippen LogP contribution < -0.4 is 4.74 Å². The first-order valence-electron chi connectivity index (χ1n) is 7.03. The molecule has 5 nitrogen and oxygen atoms in total. The van der Waals surface area contributed by atoms with Gasteiger partial charge < -0.3 is 9.15 Å². The molecule has 2 heterocycles. The Bertz CT molecular complexity index is 804. The van der Waals surface area contributed by atoms with Gasteiger partial charge in [-0.3, -0.25) is 4.98 Å². The maximum absolute atomic E-state index is 12.9. The Kier molecular flexibility index (Phi) is 4.45. The van der Waals surface area contributed by atoms with Crippen LogP contribution in [0.1, 0.15) is 31.0 Å². The minimum atomic E-state index is -2.82. The molecular formula is C16H12F3N3O2. The lowest BCUT2D eigenvalue weighted by molar-refractivity contribution is 0.116. The quantitative estimate of drug-likeness (QED) is 0.694. The summed E-state index contributed by atoms with van der Waals surface area (Å²) in [7, 11) is 0. The number of pyridine rings is 1. The maximum atomic E-state index is 12.9. The zero-order chi connectivity index (χ0) is 17.1. The van der Waals surface area contributed by atoms with Crippen LogP contribution >= 0.6 is 0 Å². The third-order valence-corrected chi connectivity index (χ3v) is 3.20. The van der Waals surface area contributed by atoms with E-state index >= 15 is 0 Å². The summed E-state index contributed by atoms with van der Waals surface area (Å²) in [6.07, 6.45) is -1.77. The van der Waals surface area contributed by atoms with E-state index in [9.17, 15) is 13.2 Å². The van der Waals surface area contributed by atoms with Crippen LogP contribution in [0.2, 0.25) is 0 Å². The molecule has 0 aliphatic heterocycles. The normalized spacial score (nSPS) is 12.4. The molecule has 1 aromatic carbocycles. The molecule has 2 aromatic heterocycles. The van der Waals surface area contributed by atoms with E-state index in [0.717, 1.165) is 0 Å². The van der Waals surface area contributed by atoms with Gasteiger partial charge in [-0.15, -0.1) is 10.2 Å². The molecular weight excluding hydrogens is 323 g/mol. The van der Waals surface area contributed by atoms with E-state index in [1.165, 1.54) is 30.5 Å². The van der Waals surface area contributed by atoms with Crippen LogP contribution in [0.3, 0.4) is 0 Å². The highest BCUT2D eigenvalue weighted by Crippen LogP contribution is 2.25. The second kappa shape index (κ2) is 6.69. The van der Waals surface area contributed by atoms with Crippen molar-refractivity contribution in [2.75, 3.05) is 0 Å². The van der Waals surface area contributed by atoms with Crippen LogP contribution in [0, 0.1) is 5.82 Å². The number of alkyl halides is 2. The summed E-state index contributed by atoms with van der Waals surface area (Å²) in [5.74, 6) is -0.605. The zero-order valence-electron chi connectivity index (χ0n) is 12.5. The van der Waals surface area contributed by atoms with Gasteiger partial charge in [0.1, 0.15) is 17.7 Å². The summed E-state index contributed by atoms with van der Waals surface area (Å²) >= 11 is 0. The fraction of sp³-hybridized carbons (Fsp3) is 0.188. The van der Waals surface area contributed by atoms with Crippen LogP contribution in [-0.4, -0.2) is 15.2 Å². The average molecular weight is 335 g/mol. The van der Waals surface area contributed by atoms with Crippen LogP contribution in [0.25, 0.3) is 11.5 Å². The summed E-state index contributed by atoms with van der Waals surface area (Å²) in [6.45, 7) is 1.78. The van der Waals surface area contributed by atoms with Gasteiger partial charge in [-0.25, -0.2) is 4.39 Å². The Morgan fingerprint density at radius 1 is 1.04 bits per heavy atom. The number of halogens is 3. The molecule has 0 bridgehead atoms. The molecule has 0 saturated heterocycles. The Hall–Kier alpha value is -2.90. The molecule has 1 atom stereocenters. The van der Waals surface area contributed by atoms with Gasteiger partial charge in [0.25, 0.3) is 5.89 Å². The van der Waals surface area contributed by atoms with Gasteiger partial charge in [0, 0.05) is 6.20 Å². The first kappa shape index (κ1) is 16.0. The Morgan fingerprint density at radius 2 is 1.79 bits per heavy atom.